The number of fused-ring (bicyclic) bond motifs is 1. The normalized spacial score (nSPS) is 14.2. The van der Waals surface area contributed by atoms with Crippen molar-refractivity contribution in [1.29, 1.82) is 0 Å². The van der Waals surface area contributed by atoms with E-state index in [4.69, 9.17) is 11.6 Å². The third kappa shape index (κ3) is 3.01. The highest BCUT2D eigenvalue weighted by atomic mass is 35.5. The molecule has 128 valence electrons. The fourth-order valence-electron chi connectivity index (χ4n) is 3.01. The van der Waals surface area contributed by atoms with Crippen LogP contribution in [0.15, 0.2) is 40.8 Å². The Balaban J connectivity index is 1.69. The lowest BCUT2D eigenvalue weighted by molar-refractivity contribution is 0.102. The van der Waals surface area contributed by atoms with Crippen LogP contribution in [0.5, 0.6) is 0 Å². The summed E-state index contributed by atoms with van der Waals surface area (Å²) in [7, 11) is 0. The molecule has 1 N–H and O–H groups in total. The van der Waals surface area contributed by atoms with Crippen LogP contribution in [-0.4, -0.2) is 28.4 Å². The van der Waals surface area contributed by atoms with Crippen molar-refractivity contribution in [2.75, 3.05) is 23.3 Å². The molecule has 1 aliphatic rings. The van der Waals surface area contributed by atoms with Gasteiger partial charge in [0.25, 0.3) is 11.5 Å². The van der Waals surface area contributed by atoms with Gasteiger partial charge >= 0.3 is 0 Å². The van der Waals surface area contributed by atoms with E-state index in [1.165, 1.54) is 21.9 Å². The van der Waals surface area contributed by atoms with E-state index >= 15 is 0 Å². The Kier molecular flexibility index (Phi) is 4.19. The van der Waals surface area contributed by atoms with Crippen LogP contribution in [0.4, 0.5) is 11.4 Å². The smallest absolute Gasteiger partial charge is 0.271 e. The number of thiazole rings is 1. The van der Waals surface area contributed by atoms with E-state index in [9.17, 15) is 9.59 Å². The zero-order chi connectivity index (χ0) is 17.4. The predicted molar refractivity (Wildman–Crippen MR) is 100 cm³/mol. The Bertz CT molecular complexity index is 1010. The van der Waals surface area contributed by atoms with Crippen LogP contribution in [0.2, 0.25) is 5.02 Å². The Morgan fingerprint density at radius 1 is 1.28 bits per heavy atom. The maximum atomic E-state index is 12.7. The summed E-state index contributed by atoms with van der Waals surface area (Å²) in [6.45, 7) is 1.88. The van der Waals surface area contributed by atoms with E-state index in [0.29, 0.717) is 15.7 Å². The highest BCUT2D eigenvalue weighted by Crippen LogP contribution is 2.31. The first-order chi connectivity index (χ1) is 12.1. The molecule has 0 atom stereocenters. The number of benzene rings is 1. The average Bonchev–Trinajstić information content (AvgIpc) is 3.27. The molecule has 3 heterocycles. The summed E-state index contributed by atoms with van der Waals surface area (Å²) < 4.78 is 1.37. The Morgan fingerprint density at radius 3 is 2.88 bits per heavy atom. The number of hydrogen-bond acceptors (Lipinski definition) is 5. The van der Waals surface area contributed by atoms with Crippen LogP contribution >= 0.6 is 22.9 Å². The van der Waals surface area contributed by atoms with Gasteiger partial charge in [0.05, 0.1) is 11.4 Å². The van der Waals surface area contributed by atoms with E-state index in [2.05, 4.69) is 15.2 Å². The van der Waals surface area contributed by atoms with Gasteiger partial charge in [-0.25, -0.2) is 4.98 Å². The van der Waals surface area contributed by atoms with Crippen LogP contribution in [0.1, 0.15) is 23.2 Å². The first-order valence-corrected chi connectivity index (χ1v) is 9.20. The van der Waals surface area contributed by atoms with Gasteiger partial charge in [0.15, 0.2) is 4.96 Å². The number of rotatable bonds is 3. The fraction of sp³-hybridized carbons (Fsp3) is 0.235. The topological polar surface area (TPSA) is 66.7 Å². The predicted octanol–water partition coefficient (Wildman–Crippen LogP) is 3.26. The number of amides is 1. The average molecular weight is 375 g/mol. The van der Waals surface area contributed by atoms with Crippen molar-refractivity contribution in [3.63, 3.8) is 0 Å². The van der Waals surface area contributed by atoms with Crippen LogP contribution in [-0.2, 0) is 0 Å². The summed E-state index contributed by atoms with van der Waals surface area (Å²) in [6.07, 6.45) is 5.18. The molecular formula is C17H15ClN4O2S. The van der Waals surface area contributed by atoms with Crippen molar-refractivity contribution in [3.05, 3.63) is 56.9 Å². The number of anilines is 2. The maximum Gasteiger partial charge on any atom is 0.271 e. The standard InChI is InChI=1S/C17H15ClN4O2S/c18-11-3-4-14(21-5-1-2-6-21)13(9-11)20-15(23)12-10-19-17-22(16(12)24)7-8-25-17/h3-4,7-10H,1-2,5-6H2,(H,20,23). The summed E-state index contributed by atoms with van der Waals surface area (Å²) >= 11 is 7.44. The second-order valence-corrected chi connectivity index (χ2v) is 7.15. The van der Waals surface area contributed by atoms with E-state index in [0.717, 1.165) is 31.6 Å². The van der Waals surface area contributed by atoms with Crippen molar-refractivity contribution >= 4 is 45.2 Å². The molecule has 0 bridgehead atoms. The summed E-state index contributed by atoms with van der Waals surface area (Å²) in [4.78, 5) is 32.0. The Morgan fingerprint density at radius 2 is 2.08 bits per heavy atom. The molecule has 4 rings (SSSR count). The third-order valence-corrected chi connectivity index (χ3v) is 5.25. The maximum absolute atomic E-state index is 12.7. The fourth-order valence-corrected chi connectivity index (χ4v) is 3.86. The lowest BCUT2D eigenvalue weighted by atomic mass is 10.2. The lowest BCUT2D eigenvalue weighted by Gasteiger charge is -2.21. The van der Waals surface area contributed by atoms with Gasteiger partial charge in [-0.3, -0.25) is 14.0 Å². The zero-order valence-electron chi connectivity index (χ0n) is 13.2. The van der Waals surface area contributed by atoms with Gasteiger partial charge in [-0.05, 0) is 31.0 Å². The van der Waals surface area contributed by atoms with E-state index in [-0.39, 0.29) is 11.1 Å². The molecule has 6 nitrogen and oxygen atoms in total. The SMILES string of the molecule is O=C(Nc1cc(Cl)ccc1N1CCCC1)c1cnc2sccn2c1=O. The van der Waals surface area contributed by atoms with Crippen LogP contribution in [0.25, 0.3) is 4.96 Å². The molecule has 1 fully saturated rings. The zero-order valence-corrected chi connectivity index (χ0v) is 14.8. The molecule has 0 spiro atoms. The number of nitrogens with zero attached hydrogens (tertiary/aromatic N) is 3. The number of halogens is 1. The van der Waals surface area contributed by atoms with Gasteiger partial charge in [0, 0.05) is 35.9 Å². The molecule has 1 aromatic carbocycles. The van der Waals surface area contributed by atoms with Crippen molar-refractivity contribution in [1.82, 2.24) is 9.38 Å². The van der Waals surface area contributed by atoms with Gasteiger partial charge in [0.2, 0.25) is 0 Å². The first kappa shape index (κ1) is 16.1. The quantitative estimate of drug-likeness (QED) is 0.764. The Labute approximate surface area is 152 Å². The monoisotopic (exact) mass is 374 g/mol. The number of carbonyl (C=O) groups excluding carboxylic acids is 1. The largest absolute Gasteiger partial charge is 0.370 e. The molecule has 8 heteroatoms. The molecule has 0 aliphatic carbocycles. The summed E-state index contributed by atoms with van der Waals surface area (Å²) in [5.74, 6) is -0.485. The number of nitrogens with one attached hydrogen (secondary N) is 1. The Hall–Kier alpha value is -2.38. The molecule has 25 heavy (non-hydrogen) atoms. The van der Waals surface area contributed by atoms with Gasteiger partial charge in [0.1, 0.15) is 5.56 Å². The summed E-state index contributed by atoms with van der Waals surface area (Å²) in [5, 5.41) is 5.11. The third-order valence-electron chi connectivity index (χ3n) is 4.24. The molecule has 2 aromatic heterocycles. The van der Waals surface area contributed by atoms with Gasteiger partial charge in [-0.15, -0.1) is 11.3 Å². The van der Waals surface area contributed by atoms with E-state index in [1.54, 1.807) is 23.7 Å². The van der Waals surface area contributed by atoms with Gasteiger partial charge in [-0.1, -0.05) is 11.6 Å². The van der Waals surface area contributed by atoms with Gasteiger partial charge < -0.3 is 10.2 Å². The first-order valence-electron chi connectivity index (χ1n) is 7.94. The van der Waals surface area contributed by atoms with Crippen LogP contribution in [0, 0.1) is 0 Å². The van der Waals surface area contributed by atoms with E-state index < -0.39 is 5.91 Å². The minimum Gasteiger partial charge on any atom is -0.370 e. The number of carbonyl (C=O) groups is 1. The molecule has 1 amide bonds. The minimum atomic E-state index is -0.485. The van der Waals surface area contributed by atoms with Gasteiger partial charge in [-0.2, -0.15) is 0 Å². The molecule has 1 saturated heterocycles. The van der Waals surface area contributed by atoms with Crippen molar-refractivity contribution < 1.29 is 4.79 Å². The number of hydrogen-bond donors (Lipinski definition) is 1. The molecule has 3 aromatic rings. The minimum absolute atomic E-state index is 0.00301. The van der Waals surface area contributed by atoms with Crippen LogP contribution in [0.3, 0.4) is 0 Å². The molecule has 1 aliphatic heterocycles. The summed E-state index contributed by atoms with van der Waals surface area (Å²) in [5.41, 5.74) is 1.14. The van der Waals surface area contributed by atoms with Crippen molar-refractivity contribution in [2.45, 2.75) is 12.8 Å². The molecule has 0 unspecified atom stereocenters. The summed E-state index contributed by atoms with van der Waals surface area (Å²) in [6, 6.07) is 5.41. The molecule has 0 saturated carbocycles. The lowest BCUT2D eigenvalue weighted by Crippen LogP contribution is -2.27. The second-order valence-electron chi connectivity index (χ2n) is 5.84. The molecule has 0 radical (unpaired) electrons. The second kappa shape index (κ2) is 6.50. The highest BCUT2D eigenvalue weighted by molar-refractivity contribution is 7.15. The highest BCUT2D eigenvalue weighted by Gasteiger charge is 2.19. The molecular weight excluding hydrogens is 360 g/mol. The van der Waals surface area contributed by atoms with Crippen molar-refractivity contribution in [2.24, 2.45) is 0 Å². The van der Waals surface area contributed by atoms with E-state index in [1.807, 2.05) is 6.07 Å². The van der Waals surface area contributed by atoms with Crippen LogP contribution < -0.4 is 15.8 Å². The van der Waals surface area contributed by atoms with Crippen molar-refractivity contribution in [3.8, 4) is 0 Å². The number of aromatic nitrogens is 2.